The minimum absolute atomic E-state index is 0.265. The van der Waals surface area contributed by atoms with Crippen molar-refractivity contribution in [1.29, 1.82) is 0 Å². The lowest BCUT2D eigenvalue weighted by Crippen LogP contribution is -2.34. The summed E-state index contributed by atoms with van der Waals surface area (Å²) in [4.78, 5) is 4.81. The molecule has 0 N–H and O–H groups in total. The van der Waals surface area contributed by atoms with Gasteiger partial charge in [0.1, 0.15) is 0 Å². The molecule has 37 heavy (non-hydrogen) atoms. The summed E-state index contributed by atoms with van der Waals surface area (Å²) in [5, 5.41) is 0. The van der Waals surface area contributed by atoms with E-state index in [1.54, 1.807) is 0 Å². The van der Waals surface area contributed by atoms with Crippen LogP contribution in [0.1, 0.15) is 30.5 Å². The van der Waals surface area contributed by atoms with E-state index in [0.29, 0.717) is 0 Å². The normalized spacial score (nSPS) is 14.2. The van der Waals surface area contributed by atoms with Gasteiger partial charge in [-0.1, -0.05) is 80.6 Å². The van der Waals surface area contributed by atoms with Crippen molar-refractivity contribution in [3.63, 3.8) is 0 Å². The molecule has 7 rings (SSSR count). The molecule has 0 radical (unpaired) electrons. The summed E-state index contributed by atoms with van der Waals surface area (Å²) >= 11 is 0. The highest BCUT2D eigenvalue weighted by molar-refractivity contribution is 5.97. The molecule has 3 heteroatoms. The molecule has 0 aliphatic carbocycles. The van der Waals surface area contributed by atoms with Crippen LogP contribution in [0.3, 0.4) is 0 Å². The number of nitrogens with zero attached hydrogens (tertiary/aromatic N) is 2. The van der Waals surface area contributed by atoms with E-state index >= 15 is 0 Å². The van der Waals surface area contributed by atoms with Crippen LogP contribution in [0, 0.1) is 6.92 Å². The third kappa shape index (κ3) is 3.14. The Morgan fingerprint density at radius 3 is 1.89 bits per heavy atom. The van der Waals surface area contributed by atoms with E-state index < -0.39 is 0 Å². The Hall–Kier alpha value is -4.50. The number of benzene rings is 5. The van der Waals surface area contributed by atoms with Crippen LogP contribution in [-0.2, 0) is 5.41 Å². The second-order valence-corrected chi connectivity index (χ2v) is 10.3. The summed E-state index contributed by atoms with van der Waals surface area (Å²) in [6, 6.07) is 40.8. The molecule has 5 aromatic rings. The monoisotopic (exact) mass is 480 g/mol. The molecular formula is C34H28N2O. The highest BCUT2D eigenvalue weighted by atomic mass is 16.5. The minimum Gasteiger partial charge on any atom is -0.453 e. The van der Waals surface area contributed by atoms with Crippen LogP contribution in [0.15, 0.2) is 115 Å². The van der Waals surface area contributed by atoms with E-state index in [-0.39, 0.29) is 5.41 Å². The van der Waals surface area contributed by atoms with Crippen molar-refractivity contribution in [3.05, 3.63) is 132 Å². The van der Waals surface area contributed by atoms with Gasteiger partial charge in [-0.15, -0.1) is 0 Å². The zero-order valence-corrected chi connectivity index (χ0v) is 21.3. The van der Waals surface area contributed by atoms with Crippen molar-refractivity contribution in [1.82, 2.24) is 0 Å². The first kappa shape index (κ1) is 21.8. The number of hydrogen-bond acceptors (Lipinski definition) is 3. The maximum absolute atomic E-state index is 6.48. The Labute approximate surface area is 218 Å². The lowest BCUT2D eigenvalue weighted by atomic mass is 9.72. The van der Waals surface area contributed by atoms with Crippen LogP contribution < -0.4 is 14.5 Å². The molecule has 5 aromatic carbocycles. The molecule has 0 saturated heterocycles. The van der Waals surface area contributed by atoms with Gasteiger partial charge in [-0.2, -0.15) is 0 Å². The van der Waals surface area contributed by atoms with Crippen LogP contribution in [0.4, 0.5) is 34.1 Å². The van der Waals surface area contributed by atoms with Crippen molar-refractivity contribution in [2.45, 2.75) is 26.2 Å². The summed E-state index contributed by atoms with van der Waals surface area (Å²) in [6.07, 6.45) is 0. The second kappa shape index (κ2) is 8.01. The van der Waals surface area contributed by atoms with Gasteiger partial charge in [-0.25, -0.2) is 0 Å². The van der Waals surface area contributed by atoms with E-state index in [2.05, 4.69) is 146 Å². The lowest BCUT2D eigenvalue weighted by Gasteiger charge is -2.47. The zero-order chi connectivity index (χ0) is 25.1. The smallest absolute Gasteiger partial charge is 0.151 e. The third-order valence-corrected chi connectivity index (χ3v) is 7.70. The van der Waals surface area contributed by atoms with Gasteiger partial charge in [-0.3, -0.25) is 0 Å². The summed E-state index contributed by atoms with van der Waals surface area (Å²) < 4.78 is 6.48. The van der Waals surface area contributed by atoms with Crippen molar-refractivity contribution >= 4 is 34.1 Å². The average molecular weight is 481 g/mol. The Balaban J connectivity index is 1.57. The number of anilines is 6. The molecule has 0 unspecified atom stereocenters. The third-order valence-electron chi connectivity index (χ3n) is 7.70. The van der Waals surface area contributed by atoms with E-state index in [1.807, 2.05) is 0 Å². The number of hydrogen-bond donors (Lipinski definition) is 0. The first-order valence-corrected chi connectivity index (χ1v) is 12.8. The Morgan fingerprint density at radius 2 is 1.22 bits per heavy atom. The standard InChI is InChI=1S/C34H28N2O/c1-23-13-10-21-29-32(23)36-28-20-12-19-27(31(28)34(2,3)26-18-11-22-30(37-29)33(26)36)35(24-14-6-4-7-15-24)25-16-8-5-9-17-25/h4-22H,1-3H3. The Morgan fingerprint density at radius 1 is 0.622 bits per heavy atom. The molecule has 0 aromatic heterocycles. The Bertz CT molecular complexity index is 1600. The number of fused-ring (bicyclic) bond motifs is 4. The van der Waals surface area contributed by atoms with Crippen molar-refractivity contribution in [2.75, 3.05) is 9.80 Å². The molecule has 0 bridgehead atoms. The quantitative estimate of drug-likeness (QED) is 0.251. The topological polar surface area (TPSA) is 15.7 Å². The van der Waals surface area contributed by atoms with Crippen LogP contribution in [0.25, 0.3) is 0 Å². The molecule has 0 amide bonds. The maximum atomic E-state index is 6.48. The molecule has 0 spiro atoms. The SMILES string of the molecule is Cc1cccc2c1N1c3cccc(N(c4ccccc4)c4ccccc4)c3C(C)(C)c3cccc(c31)O2. The van der Waals surface area contributed by atoms with E-state index in [9.17, 15) is 0 Å². The molecular weight excluding hydrogens is 452 g/mol. The van der Waals surface area contributed by atoms with Gasteiger partial charge in [0.05, 0.1) is 22.7 Å². The summed E-state index contributed by atoms with van der Waals surface area (Å²) in [5.41, 5.74) is 10.4. The first-order chi connectivity index (χ1) is 18.1. The number of rotatable bonds is 3. The fourth-order valence-corrected chi connectivity index (χ4v) is 6.07. The van der Waals surface area contributed by atoms with Crippen molar-refractivity contribution < 1.29 is 4.74 Å². The highest BCUT2D eigenvalue weighted by Crippen LogP contribution is 2.62. The van der Waals surface area contributed by atoms with Gasteiger partial charge >= 0.3 is 0 Å². The van der Waals surface area contributed by atoms with Crippen molar-refractivity contribution in [2.24, 2.45) is 0 Å². The molecule has 3 nitrogen and oxygen atoms in total. The van der Waals surface area contributed by atoms with Crippen LogP contribution in [0.2, 0.25) is 0 Å². The predicted octanol–water partition coefficient (Wildman–Crippen LogP) is 9.68. The highest BCUT2D eigenvalue weighted by Gasteiger charge is 2.44. The zero-order valence-electron chi connectivity index (χ0n) is 21.3. The largest absolute Gasteiger partial charge is 0.453 e. The summed E-state index contributed by atoms with van der Waals surface area (Å²) in [6.45, 7) is 6.84. The van der Waals surface area contributed by atoms with Gasteiger partial charge in [0.2, 0.25) is 0 Å². The van der Waals surface area contributed by atoms with Crippen LogP contribution in [0.5, 0.6) is 11.5 Å². The summed E-state index contributed by atoms with van der Waals surface area (Å²) in [5.74, 6) is 1.80. The van der Waals surface area contributed by atoms with E-state index in [4.69, 9.17) is 4.74 Å². The fourth-order valence-electron chi connectivity index (χ4n) is 6.07. The van der Waals surface area contributed by atoms with Gasteiger partial charge in [0.15, 0.2) is 11.5 Å². The first-order valence-electron chi connectivity index (χ1n) is 12.8. The predicted molar refractivity (Wildman–Crippen MR) is 153 cm³/mol. The van der Waals surface area contributed by atoms with Gasteiger partial charge in [0.25, 0.3) is 0 Å². The molecule has 2 heterocycles. The van der Waals surface area contributed by atoms with E-state index in [1.165, 1.54) is 28.1 Å². The van der Waals surface area contributed by atoms with Gasteiger partial charge in [-0.05, 0) is 66.6 Å². The molecule has 0 atom stereocenters. The van der Waals surface area contributed by atoms with Crippen LogP contribution >= 0.6 is 0 Å². The Kier molecular flexibility index (Phi) is 4.71. The second-order valence-electron chi connectivity index (χ2n) is 10.3. The van der Waals surface area contributed by atoms with Crippen LogP contribution in [-0.4, -0.2) is 0 Å². The van der Waals surface area contributed by atoms with Gasteiger partial charge < -0.3 is 14.5 Å². The maximum Gasteiger partial charge on any atom is 0.151 e. The lowest BCUT2D eigenvalue weighted by molar-refractivity contribution is 0.471. The number of aryl methyl sites for hydroxylation is 1. The summed E-state index contributed by atoms with van der Waals surface area (Å²) in [7, 11) is 0. The number of ether oxygens (including phenoxy) is 1. The average Bonchev–Trinajstić information content (AvgIpc) is 2.92. The molecule has 0 saturated carbocycles. The molecule has 2 aliphatic heterocycles. The minimum atomic E-state index is -0.265. The van der Waals surface area contributed by atoms with E-state index in [0.717, 1.165) is 34.2 Å². The van der Waals surface area contributed by atoms with Gasteiger partial charge in [0, 0.05) is 22.4 Å². The van der Waals surface area contributed by atoms with Crippen molar-refractivity contribution in [3.8, 4) is 11.5 Å². The molecule has 0 fully saturated rings. The fraction of sp³-hybridized carbons (Fsp3) is 0.118. The number of para-hydroxylation sites is 4. The molecule has 2 aliphatic rings. The molecule has 180 valence electrons.